The predicted molar refractivity (Wildman–Crippen MR) is 115 cm³/mol. The molecule has 0 N–H and O–H groups in total. The van der Waals surface area contributed by atoms with Crippen LogP contribution in [0.3, 0.4) is 0 Å². The van der Waals surface area contributed by atoms with E-state index >= 15 is 0 Å². The molecule has 8 heteroatoms. The second-order valence-electron chi connectivity index (χ2n) is 7.79. The summed E-state index contributed by atoms with van der Waals surface area (Å²) in [5.41, 5.74) is 1.03. The minimum absolute atomic E-state index is 0.0315. The van der Waals surface area contributed by atoms with Crippen molar-refractivity contribution in [2.45, 2.75) is 39.5 Å². The molecule has 1 aliphatic rings. The van der Waals surface area contributed by atoms with Gasteiger partial charge >= 0.3 is 5.97 Å². The first-order valence-electron chi connectivity index (χ1n) is 10.7. The molecule has 1 aromatic rings. The molecule has 31 heavy (non-hydrogen) atoms. The third-order valence-corrected chi connectivity index (χ3v) is 5.32. The smallest absolute Gasteiger partial charge is 0.309 e. The number of aryl methyl sites for hydroxylation is 1. The van der Waals surface area contributed by atoms with E-state index in [2.05, 4.69) is 0 Å². The third kappa shape index (κ3) is 8.03. The maximum atomic E-state index is 12.5. The number of hydrogen-bond donors (Lipinski definition) is 0. The number of ketones is 1. The van der Waals surface area contributed by atoms with Crippen molar-refractivity contribution in [2.24, 2.45) is 5.92 Å². The summed E-state index contributed by atoms with van der Waals surface area (Å²) in [6.07, 6.45) is 2.33. The molecule has 0 aliphatic carbocycles. The Morgan fingerprint density at radius 3 is 2.32 bits per heavy atom. The Kier molecular flexibility index (Phi) is 9.49. The van der Waals surface area contributed by atoms with Gasteiger partial charge in [-0.05, 0) is 50.8 Å². The van der Waals surface area contributed by atoms with E-state index in [1.807, 2.05) is 12.1 Å². The molecule has 0 aromatic heterocycles. The van der Waals surface area contributed by atoms with E-state index in [1.54, 1.807) is 37.9 Å². The molecule has 0 spiro atoms. The SMILES string of the molecule is CCOC(=O)C1CCN(C(=O)CN(C)C(=O)COc2ccc(CCC(C)=O)cc2)CC1. The van der Waals surface area contributed by atoms with Crippen molar-refractivity contribution in [1.29, 1.82) is 0 Å². The highest BCUT2D eigenvalue weighted by Gasteiger charge is 2.29. The largest absolute Gasteiger partial charge is 0.484 e. The van der Waals surface area contributed by atoms with Crippen molar-refractivity contribution in [3.05, 3.63) is 29.8 Å². The third-order valence-electron chi connectivity index (χ3n) is 5.32. The van der Waals surface area contributed by atoms with Gasteiger partial charge in [-0.25, -0.2) is 0 Å². The van der Waals surface area contributed by atoms with Crippen molar-refractivity contribution in [2.75, 3.05) is 39.9 Å². The molecule has 1 fully saturated rings. The summed E-state index contributed by atoms with van der Waals surface area (Å²) in [5.74, 6) is -0.104. The van der Waals surface area contributed by atoms with Crippen LogP contribution in [0, 0.1) is 5.92 Å². The Bertz CT molecular complexity index is 769. The minimum atomic E-state index is -0.296. The first-order valence-corrected chi connectivity index (χ1v) is 10.7. The van der Waals surface area contributed by atoms with E-state index in [-0.39, 0.29) is 42.6 Å². The lowest BCUT2D eigenvalue weighted by Gasteiger charge is -2.32. The molecule has 0 bridgehead atoms. The first-order chi connectivity index (χ1) is 14.8. The highest BCUT2D eigenvalue weighted by atomic mass is 16.5. The fraction of sp³-hybridized carbons (Fsp3) is 0.565. The highest BCUT2D eigenvalue weighted by molar-refractivity contribution is 5.85. The molecule has 1 saturated heterocycles. The van der Waals surface area contributed by atoms with E-state index in [0.717, 1.165) is 5.56 Å². The maximum absolute atomic E-state index is 12.5. The quantitative estimate of drug-likeness (QED) is 0.524. The van der Waals surface area contributed by atoms with Gasteiger partial charge in [0, 0.05) is 26.6 Å². The van der Waals surface area contributed by atoms with Gasteiger partial charge in [0.1, 0.15) is 11.5 Å². The van der Waals surface area contributed by atoms with E-state index in [4.69, 9.17) is 9.47 Å². The summed E-state index contributed by atoms with van der Waals surface area (Å²) < 4.78 is 10.6. The van der Waals surface area contributed by atoms with Crippen molar-refractivity contribution < 1.29 is 28.7 Å². The summed E-state index contributed by atoms with van der Waals surface area (Å²) in [5, 5.41) is 0. The number of ether oxygens (including phenoxy) is 2. The normalized spacial score (nSPS) is 14.1. The van der Waals surface area contributed by atoms with Gasteiger partial charge in [0.15, 0.2) is 6.61 Å². The number of amides is 2. The highest BCUT2D eigenvalue weighted by Crippen LogP contribution is 2.19. The fourth-order valence-electron chi connectivity index (χ4n) is 3.34. The van der Waals surface area contributed by atoms with E-state index in [1.165, 1.54) is 4.90 Å². The lowest BCUT2D eigenvalue weighted by molar-refractivity contribution is -0.151. The number of nitrogens with zero attached hydrogens (tertiary/aromatic N) is 2. The number of carbonyl (C=O) groups excluding carboxylic acids is 4. The second kappa shape index (κ2) is 12.1. The molecule has 0 saturated carbocycles. The van der Waals surface area contributed by atoms with Gasteiger partial charge < -0.3 is 24.1 Å². The van der Waals surface area contributed by atoms with E-state index < -0.39 is 0 Å². The zero-order chi connectivity index (χ0) is 22.8. The van der Waals surface area contributed by atoms with Gasteiger partial charge in [0.25, 0.3) is 5.91 Å². The second-order valence-corrected chi connectivity index (χ2v) is 7.79. The van der Waals surface area contributed by atoms with Crippen LogP contribution in [0.1, 0.15) is 38.7 Å². The Balaban J connectivity index is 1.72. The number of hydrogen-bond acceptors (Lipinski definition) is 6. The standard InChI is InChI=1S/C23H32N2O6/c1-4-30-23(29)19-11-13-25(14-12-19)21(27)15-24(3)22(28)16-31-20-9-7-18(8-10-20)6-5-17(2)26/h7-10,19H,4-6,11-16H2,1-3H3. The number of likely N-dealkylation sites (N-methyl/N-ethyl adjacent to an activating group) is 1. The average Bonchev–Trinajstić information content (AvgIpc) is 2.76. The average molecular weight is 433 g/mol. The Morgan fingerprint density at radius 1 is 1.10 bits per heavy atom. The summed E-state index contributed by atoms with van der Waals surface area (Å²) in [6, 6.07) is 7.27. The van der Waals surface area contributed by atoms with Gasteiger partial charge in [-0.15, -0.1) is 0 Å². The van der Waals surface area contributed by atoms with Gasteiger partial charge in [0.2, 0.25) is 5.91 Å². The molecule has 2 rings (SSSR count). The molecule has 0 unspecified atom stereocenters. The van der Waals surface area contributed by atoms with E-state index in [0.29, 0.717) is 51.1 Å². The number of carbonyl (C=O) groups is 4. The number of rotatable bonds is 10. The molecule has 0 radical (unpaired) electrons. The van der Waals surface area contributed by atoms with Crippen LogP contribution in [0.15, 0.2) is 24.3 Å². The van der Waals surface area contributed by atoms with E-state index in [9.17, 15) is 19.2 Å². The van der Waals surface area contributed by atoms with Crippen molar-refractivity contribution in [3.63, 3.8) is 0 Å². The van der Waals surface area contributed by atoms with Crippen LogP contribution in [0.5, 0.6) is 5.75 Å². The van der Waals surface area contributed by atoms with Crippen LogP contribution < -0.4 is 4.74 Å². The molecule has 1 aromatic carbocycles. The lowest BCUT2D eigenvalue weighted by Crippen LogP contribution is -2.46. The van der Waals surface area contributed by atoms with Crippen LogP contribution >= 0.6 is 0 Å². The predicted octanol–water partition coefficient (Wildman–Crippen LogP) is 1.85. The van der Waals surface area contributed by atoms with Crippen LogP contribution in [0.4, 0.5) is 0 Å². The molecule has 170 valence electrons. The summed E-state index contributed by atoms with van der Waals surface area (Å²) in [6.45, 7) is 4.47. The van der Waals surface area contributed by atoms with Crippen LogP contribution in [0.2, 0.25) is 0 Å². The summed E-state index contributed by atoms with van der Waals surface area (Å²) in [7, 11) is 1.57. The van der Waals surface area contributed by atoms with Gasteiger partial charge in [-0.2, -0.15) is 0 Å². The molecule has 1 heterocycles. The Hall–Kier alpha value is -2.90. The number of Topliss-reactive ketones (excluding diaryl/α,β-unsaturated/α-hetero) is 1. The summed E-state index contributed by atoms with van der Waals surface area (Å²) >= 11 is 0. The number of esters is 1. The zero-order valence-electron chi connectivity index (χ0n) is 18.6. The van der Waals surface area contributed by atoms with Crippen LogP contribution in [-0.2, 0) is 30.3 Å². The topological polar surface area (TPSA) is 93.2 Å². The van der Waals surface area contributed by atoms with Gasteiger partial charge in [-0.1, -0.05) is 12.1 Å². The number of likely N-dealkylation sites (tertiary alicyclic amines) is 1. The molecule has 2 amide bonds. The maximum Gasteiger partial charge on any atom is 0.309 e. The molecule has 0 atom stereocenters. The minimum Gasteiger partial charge on any atom is -0.484 e. The van der Waals surface area contributed by atoms with Crippen LogP contribution in [-0.4, -0.2) is 73.3 Å². The van der Waals surface area contributed by atoms with Crippen molar-refractivity contribution in [1.82, 2.24) is 9.80 Å². The Labute approximate surface area is 183 Å². The van der Waals surface area contributed by atoms with Gasteiger partial charge in [0.05, 0.1) is 19.1 Å². The number of benzene rings is 1. The van der Waals surface area contributed by atoms with Crippen molar-refractivity contribution in [3.8, 4) is 5.75 Å². The monoisotopic (exact) mass is 432 g/mol. The van der Waals surface area contributed by atoms with Crippen molar-refractivity contribution >= 4 is 23.6 Å². The van der Waals surface area contributed by atoms with Gasteiger partial charge in [-0.3, -0.25) is 14.4 Å². The molecule has 8 nitrogen and oxygen atoms in total. The van der Waals surface area contributed by atoms with Crippen LogP contribution in [0.25, 0.3) is 0 Å². The lowest BCUT2D eigenvalue weighted by atomic mass is 9.97. The zero-order valence-corrected chi connectivity index (χ0v) is 18.6. The molecule has 1 aliphatic heterocycles. The molecular weight excluding hydrogens is 400 g/mol. The Morgan fingerprint density at radius 2 is 1.74 bits per heavy atom. The number of piperidine rings is 1. The first kappa shape index (κ1) is 24.4. The summed E-state index contributed by atoms with van der Waals surface area (Å²) in [4.78, 5) is 50.7. The fourth-order valence-corrected chi connectivity index (χ4v) is 3.34. The molecular formula is C23H32N2O6.